The third-order valence-corrected chi connectivity index (χ3v) is 3.94. The second kappa shape index (κ2) is 5.62. The maximum absolute atomic E-state index is 5.42. The number of aryl methyl sites for hydroxylation is 1. The molecule has 0 fully saturated rings. The van der Waals surface area contributed by atoms with E-state index in [2.05, 4.69) is 18.4 Å². The molecule has 1 nitrogen and oxygen atoms in total. The van der Waals surface area contributed by atoms with Crippen molar-refractivity contribution in [3.63, 3.8) is 0 Å². The highest BCUT2D eigenvalue weighted by molar-refractivity contribution is 8.00. The molecule has 0 aliphatic heterocycles. The van der Waals surface area contributed by atoms with Crippen molar-refractivity contribution in [2.24, 2.45) is 5.73 Å². The minimum Gasteiger partial charge on any atom is -0.330 e. The highest BCUT2D eigenvalue weighted by Crippen LogP contribution is 2.25. The molecular formula is C9H15NS2. The van der Waals surface area contributed by atoms with Crippen LogP contribution in [0.4, 0.5) is 0 Å². The van der Waals surface area contributed by atoms with Crippen molar-refractivity contribution in [3.8, 4) is 0 Å². The van der Waals surface area contributed by atoms with Crippen LogP contribution in [0, 0.1) is 0 Å². The molecule has 2 N–H and O–H groups in total. The summed E-state index contributed by atoms with van der Waals surface area (Å²) in [7, 11) is 0. The summed E-state index contributed by atoms with van der Waals surface area (Å²) >= 11 is 3.73. The number of rotatable bonds is 5. The molecule has 12 heavy (non-hydrogen) atoms. The van der Waals surface area contributed by atoms with Gasteiger partial charge in [0.25, 0.3) is 0 Å². The maximum atomic E-state index is 5.42. The average Bonchev–Trinajstić information content (AvgIpc) is 2.53. The molecule has 0 radical (unpaired) electrons. The minimum atomic E-state index is 0.820. The first kappa shape index (κ1) is 10.1. The number of unbranched alkanes of at least 4 members (excludes halogenated alkanes) is 1. The molecule has 0 unspecified atom stereocenters. The van der Waals surface area contributed by atoms with Crippen molar-refractivity contribution in [3.05, 3.63) is 17.0 Å². The molecule has 1 aromatic rings. The zero-order chi connectivity index (χ0) is 8.81. The van der Waals surface area contributed by atoms with E-state index in [0.717, 1.165) is 13.0 Å². The van der Waals surface area contributed by atoms with Gasteiger partial charge in [-0.25, -0.2) is 0 Å². The molecule has 0 amide bonds. The van der Waals surface area contributed by atoms with E-state index in [9.17, 15) is 0 Å². The zero-order valence-electron chi connectivity index (χ0n) is 7.38. The van der Waals surface area contributed by atoms with Crippen molar-refractivity contribution in [1.82, 2.24) is 0 Å². The molecule has 0 atom stereocenters. The number of hydrogen-bond acceptors (Lipinski definition) is 3. The third kappa shape index (κ3) is 3.17. The monoisotopic (exact) mass is 201 g/mol. The van der Waals surface area contributed by atoms with Crippen LogP contribution in [0.1, 0.15) is 17.7 Å². The lowest BCUT2D eigenvalue weighted by molar-refractivity contribution is 0.751. The van der Waals surface area contributed by atoms with Crippen LogP contribution in [-0.2, 0) is 6.42 Å². The van der Waals surface area contributed by atoms with E-state index >= 15 is 0 Å². The third-order valence-electron chi connectivity index (χ3n) is 1.72. The van der Waals surface area contributed by atoms with E-state index in [-0.39, 0.29) is 0 Å². The lowest BCUT2D eigenvalue weighted by atomic mass is 10.2. The molecule has 3 heteroatoms. The fourth-order valence-corrected chi connectivity index (χ4v) is 2.68. The van der Waals surface area contributed by atoms with Crippen LogP contribution in [0.25, 0.3) is 0 Å². The van der Waals surface area contributed by atoms with E-state index in [1.54, 1.807) is 0 Å². The van der Waals surface area contributed by atoms with Crippen molar-refractivity contribution in [1.29, 1.82) is 0 Å². The summed E-state index contributed by atoms with van der Waals surface area (Å²) in [6.45, 7) is 0.820. The molecule has 68 valence electrons. The van der Waals surface area contributed by atoms with Crippen LogP contribution in [0.2, 0.25) is 0 Å². The quantitative estimate of drug-likeness (QED) is 0.585. The van der Waals surface area contributed by atoms with Gasteiger partial charge in [0, 0.05) is 4.88 Å². The van der Waals surface area contributed by atoms with E-state index < -0.39 is 0 Å². The molecule has 1 rings (SSSR count). The Morgan fingerprint density at radius 2 is 2.25 bits per heavy atom. The van der Waals surface area contributed by atoms with Gasteiger partial charge in [-0.1, -0.05) is 0 Å². The number of hydrogen-bond donors (Lipinski definition) is 1. The van der Waals surface area contributed by atoms with Gasteiger partial charge in [-0.05, 0) is 44.2 Å². The first-order valence-electron chi connectivity index (χ1n) is 4.19. The Morgan fingerprint density at radius 3 is 2.83 bits per heavy atom. The van der Waals surface area contributed by atoms with Crippen LogP contribution >= 0.6 is 23.1 Å². The molecule has 1 aromatic heterocycles. The van der Waals surface area contributed by atoms with Gasteiger partial charge < -0.3 is 5.73 Å². The van der Waals surface area contributed by atoms with Crippen molar-refractivity contribution in [2.75, 3.05) is 12.8 Å². The summed E-state index contributed by atoms with van der Waals surface area (Å²) in [5.74, 6) is 0. The van der Waals surface area contributed by atoms with Crippen molar-refractivity contribution in [2.45, 2.75) is 23.5 Å². The minimum absolute atomic E-state index is 0.820. The Bertz CT molecular complexity index is 220. The van der Waals surface area contributed by atoms with E-state index in [1.165, 1.54) is 21.9 Å². The van der Waals surface area contributed by atoms with Crippen LogP contribution < -0.4 is 5.73 Å². The SMILES string of the molecule is CSc1ccc(CCCCN)s1. The highest BCUT2D eigenvalue weighted by Gasteiger charge is 1.97. The molecule has 0 aliphatic carbocycles. The van der Waals surface area contributed by atoms with Gasteiger partial charge >= 0.3 is 0 Å². The molecule has 1 heterocycles. The Balaban J connectivity index is 2.31. The van der Waals surface area contributed by atoms with Crippen LogP contribution in [0.15, 0.2) is 16.3 Å². The molecular weight excluding hydrogens is 186 g/mol. The standard InChI is InChI=1S/C9H15NS2/c1-11-9-6-5-8(12-9)4-2-3-7-10/h5-6H,2-4,7,10H2,1H3. The molecule has 0 saturated carbocycles. The Labute approximate surface area is 82.4 Å². The van der Waals surface area contributed by atoms with Gasteiger partial charge in [-0.3, -0.25) is 0 Å². The predicted molar refractivity (Wildman–Crippen MR) is 58.1 cm³/mol. The molecule has 0 aromatic carbocycles. The number of nitrogens with two attached hydrogens (primary N) is 1. The molecule has 0 saturated heterocycles. The first-order chi connectivity index (χ1) is 5.86. The normalized spacial score (nSPS) is 10.5. The van der Waals surface area contributed by atoms with Gasteiger partial charge in [0.15, 0.2) is 0 Å². The Morgan fingerprint density at radius 1 is 1.42 bits per heavy atom. The highest BCUT2D eigenvalue weighted by atomic mass is 32.2. The zero-order valence-corrected chi connectivity index (χ0v) is 9.01. The van der Waals surface area contributed by atoms with Crippen molar-refractivity contribution >= 4 is 23.1 Å². The fourth-order valence-electron chi connectivity index (χ4n) is 1.05. The lowest BCUT2D eigenvalue weighted by Crippen LogP contribution is -1.98. The van der Waals surface area contributed by atoms with Gasteiger partial charge in [0.2, 0.25) is 0 Å². The number of thiophene rings is 1. The van der Waals surface area contributed by atoms with Crippen LogP contribution in [0.3, 0.4) is 0 Å². The van der Waals surface area contributed by atoms with Gasteiger partial charge in [0.1, 0.15) is 0 Å². The summed E-state index contributed by atoms with van der Waals surface area (Å²) < 4.78 is 1.41. The van der Waals surface area contributed by atoms with Gasteiger partial charge in [0.05, 0.1) is 4.21 Å². The topological polar surface area (TPSA) is 26.0 Å². The number of thioether (sulfide) groups is 1. The summed E-state index contributed by atoms with van der Waals surface area (Å²) in [5.41, 5.74) is 5.42. The van der Waals surface area contributed by atoms with Gasteiger partial charge in [-0.15, -0.1) is 23.1 Å². The van der Waals surface area contributed by atoms with E-state index in [4.69, 9.17) is 5.73 Å². The summed E-state index contributed by atoms with van der Waals surface area (Å²) in [5, 5.41) is 0. The molecule has 0 bridgehead atoms. The smallest absolute Gasteiger partial charge is 0.0598 e. The predicted octanol–water partition coefficient (Wildman–Crippen LogP) is 2.75. The second-order valence-electron chi connectivity index (χ2n) is 2.67. The molecule has 0 spiro atoms. The van der Waals surface area contributed by atoms with Gasteiger partial charge in [-0.2, -0.15) is 0 Å². The summed E-state index contributed by atoms with van der Waals surface area (Å²) in [4.78, 5) is 1.49. The van der Waals surface area contributed by atoms with Crippen LogP contribution in [-0.4, -0.2) is 12.8 Å². The Hall–Kier alpha value is 0.01000. The first-order valence-corrected chi connectivity index (χ1v) is 6.23. The average molecular weight is 201 g/mol. The lowest BCUT2D eigenvalue weighted by Gasteiger charge is -1.94. The fraction of sp³-hybridized carbons (Fsp3) is 0.556. The Kier molecular flexibility index (Phi) is 4.73. The van der Waals surface area contributed by atoms with Crippen molar-refractivity contribution < 1.29 is 0 Å². The maximum Gasteiger partial charge on any atom is 0.0598 e. The summed E-state index contributed by atoms with van der Waals surface area (Å²) in [6, 6.07) is 4.43. The van der Waals surface area contributed by atoms with E-state index in [1.807, 2.05) is 23.1 Å². The van der Waals surface area contributed by atoms with Crippen LogP contribution in [0.5, 0.6) is 0 Å². The molecule has 0 aliphatic rings. The summed E-state index contributed by atoms with van der Waals surface area (Å²) in [6.07, 6.45) is 5.69. The second-order valence-corrected chi connectivity index (χ2v) is 4.95. The van der Waals surface area contributed by atoms with E-state index in [0.29, 0.717) is 0 Å². The largest absolute Gasteiger partial charge is 0.330 e.